The van der Waals surface area contributed by atoms with Crippen molar-refractivity contribution in [1.82, 2.24) is 4.90 Å². The summed E-state index contributed by atoms with van der Waals surface area (Å²) in [6.45, 7) is 1.76. The van der Waals surface area contributed by atoms with Gasteiger partial charge in [0.25, 0.3) is 0 Å². The number of rotatable bonds is 5. The fourth-order valence-electron chi connectivity index (χ4n) is 3.79. The number of hydrogen-bond donors (Lipinski definition) is 1. The van der Waals surface area contributed by atoms with Gasteiger partial charge in [-0.05, 0) is 30.9 Å². The van der Waals surface area contributed by atoms with E-state index in [9.17, 15) is 14.7 Å². The lowest BCUT2D eigenvalue weighted by molar-refractivity contribution is -0.137. The van der Waals surface area contributed by atoms with Crippen LogP contribution in [0.25, 0.3) is 0 Å². The summed E-state index contributed by atoms with van der Waals surface area (Å²) in [5.74, 6) is 0.902. The largest absolute Gasteiger partial charge is 0.493 e. The molecule has 2 saturated heterocycles. The first-order chi connectivity index (χ1) is 12.6. The Morgan fingerprint density at radius 1 is 1.23 bits per heavy atom. The molecule has 26 heavy (non-hydrogen) atoms. The zero-order chi connectivity index (χ0) is 18.7. The third-order valence-electron chi connectivity index (χ3n) is 5.24. The van der Waals surface area contributed by atoms with Gasteiger partial charge < -0.3 is 24.4 Å². The molecule has 1 aromatic rings. The molecule has 7 nitrogen and oxygen atoms in total. The number of hydrogen-bond acceptors (Lipinski definition) is 5. The molecule has 0 saturated carbocycles. The van der Waals surface area contributed by atoms with Gasteiger partial charge in [-0.1, -0.05) is 0 Å². The van der Waals surface area contributed by atoms with E-state index in [1.54, 1.807) is 42.2 Å². The first-order valence-electron chi connectivity index (χ1n) is 8.99. The first-order valence-corrected chi connectivity index (χ1v) is 8.99. The van der Waals surface area contributed by atoms with Crippen LogP contribution in [0.3, 0.4) is 0 Å². The first kappa shape index (κ1) is 18.5. The molecule has 142 valence electrons. The Morgan fingerprint density at radius 3 is 2.69 bits per heavy atom. The van der Waals surface area contributed by atoms with Crippen molar-refractivity contribution >= 4 is 17.5 Å². The molecule has 1 aromatic carbocycles. The molecule has 0 aromatic heterocycles. The second-order valence-corrected chi connectivity index (χ2v) is 6.92. The van der Waals surface area contributed by atoms with E-state index in [1.165, 1.54) is 0 Å². The van der Waals surface area contributed by atoms with E-state index in [4.69, 9.17) is 9.47 Å². The van der Waals surface area contributed by atoms with Crippen molar-refractivity contribution in [2.75, 3.05) is 45.4 Å². The lowest BCUT2D eigenvalue weighted by atomic mass is 9.97. The summed E-state index contributed by atoms with van der Waals surface area (Å²) in [6, 6.07) is 5.31. The van der Waals surface area contributed by atoms with Crippen molar-refractivity contribution in [3.8, 4) is 11.5 Å². The molecule has 2 atom stereocenters. The number of piperidine rings is 1. The fourth-order valence-corrected chi connectivity index (χ4v) is 3.79. The topological polar surface area (TPSA) is 79.3 Å². The number of carbonyl (C=O) groups is 2. The van der Waals surface area contributed by atoms with Crippen molar-refractivity contribution in [2.45, 2.75) is 19.3 Å². The minimum atomic E-state index is -0.340. The number of likely N-dealkylation sites (tertiary alicyclic amines) is 1. The van der Waals surface area contributed by atoms with Gasteiger partial charge in [-0.2, -0.15) is 0 Å². The molecule has 2 aliphatic heterocycles. The Kier molecular flexibility index (Phi) is 5.66. The molecule has 2 heterocycles. The zero-order valence-electron chi connectivity index (χ0n) is 15.3. The van der Waals surface area contributed by atoms with Crippen LogP contribution in [0.5, 0.6) is 11.5 Å². The number of ether oxygens (including phenoxy) is 2. The van der Waals surface area contributed by atoms with Gasteiger partial charge in [0.15, 0.2) is 11.5 Å². The molecule has 1 N–H and O–H groups in total. The summed E-state index contributed by atoms with van der Waals surface area (Å²) in [5.41, 5.74) is 0.704. The highest BCUT2D eigenvalue weighted by Crippen LogP contribution is 2.34. The average Bonchev–Trinajstić information content (AvgIpc) is 3.08. The lowest BCUT2D eigenvalue weighted by Crippen LogP contribution is -2.44. The number of nitrogens with zero attached hydrogens (tertiary/aromatic N) is 2. The summed E-state index contributed by atoms with van der Waals surface area (Å²) in [4.78, 5) is 28.8. The number of benzene rings is 1. The number of methoxy groups -OCH3 is 2. The number of anilines is 1. The Labute approximate surface area is 153 Å². The monoisotopic (exact) mass is 362 g/mol. The molecule has 7 heteroatoms. The van der Waals surface area contributed by atoms with Crippen molar-refractivity contribution < 1.29 is 24.2 Å². The summed E-state index contributed by atoms with van der Waals surface area (Å²) in [7, 11) is 3.11. The zero-order valence-corrected chi connectivity index (χ0v) is 15.3. The smallest absolute Gasteiger partial charge is 0.228 e. The van der Waals surface area contributed by atoms with E-state index in [2.05, 4.69) is 0 Å². The SMILES string of the molecule is COc1ccc(N2CC(C(=O)N3CCCC(CO)C3)CC2=O)cc1OC. The van der Waals surface area contributed by atoms with E-state index in [-0.39, 0.29) is 36.7 Å². The molecule has 0 spiro atoms. The van der Waals surface area contributed by atoms with Gasteiger partial charge in [0.05, 0.1) is 20.1 Å². The molecular weight excluding hydrogens is 336 g/mol. The third-order valence-corrected chi connectivity index (χ3v) is 5.24. The van der Waals surface area contributed by atoms with Crippen LogP contribution in [-0.4, -0.2) is 62.3 Å². The maximum absolute atomic E-state index is 12.8. The predicted molar refractivity (Wildman–Crippen MR) is 96.4 cm³/mol. The molecule has 2 aliphatic rings. The maximum Gasteiger partial charge on any atom is 0.228 e. The average molecular weight is 362 g/mol. The van der Waals surface area contributed by atoms with Crippen molar-refractivity contribution in [3.63, 3.8) is 0 Å². The highest BCUT2D eigenvalue weighted by Gasteiger charge is 2.38. The van der Waals surface area contributed by atoms with Crippen LogP contribution in [-0.2, 0) is 9.59 Å². The van der Waals surface area contributed by atoms with Gasteiger partial charge in [-0.3, -0.25) is 9.59 Å². The molecule has 2 amide bonds. The highest BCUT2D eigenvalue weighted by atomic mass is 16.5. The quantitative estimate of drug-likeness (QED) is 0.854. The van der Waals surface area contributed by atoms with Crippen LogP contribution in [0.15, 0.2) is 18.2 Å². The van der Waals surface area contributed by atoms with Gasteiger partial charge >= 0.3 is 0 Å². The molecule has 0 bridgehead atoms. The highest BCUT2D eigenvalue weighted by molar-refractivity contribution is 6.00. The van der Waals surface area contributed by atoms with Crippen molar-refractivity contribution in [3.05, 3.63) is 18.2 Å². The minimum absolute atomic E-state index is 0.0134. The van der Waals surface area contributed by atoms with Crippen LogP contribution in [0, 0.1) is 11.8 Å². The van der Waals surface area contributed by atoms with Gasteiger partial charge in [0.2, 0.25) is 11.8 Å². The van der Waals surface area contributed by atoms with E-state index >= 15 is 0 Å². The molecule has 2 unspecified atom stereocenters. The summed E-state index contributed by atoms with van der Waals surface area (Å²) in [6.07, 6.45) is 2.06. The van der Waals surface area contributed by atoms with Crippen LogP contribution in [0.1, 0.15) is 19.3 Å². The van der Waals surface area contributed by atoms with Crippen LogP contribution in [0.2, 0.25) is 0 Å². The second-order valence-electron chi connectivity index (χ2n) is 6.92. The Morgan fingerprint density at radius 2 is 2.00 bits per heavy atom. The molecule has 2 fully saturated rings. The van der Waals surface area contributed by atoms with Gasteiger partial charge in [0.1, 0.15) is 0 Å². The molecule has 3 rings (SSSR count). The van der Waals surface area contributed by atoms with Gasteiger partial charge in [0, 0.05) is 44.4 Å². The van der Waals surface area contributed by atoms with E-state index in [1.807, 2.05) is 0 Å². The lowest BCUT2D eigenvalue weighted by Gasteiger charge is -2.33. The fraction of sp³-hybridized carbons (Fsp3) is 0.579. The third kappa shape index (κ3) is 3.62. The molecular formula is C19H26N2O5. The standard InChI is InChI=1S/C19H26N2O5/c1-25-16-6-5-15(9-17(16)26-2)21-11-14(8-18(21)23)19(24)20-7-3-4-13(10-20)12-22/h5-6,9,13-14,22H,3-4,7-8,10-12H2,1-2H3. The van der Waals surface area contributed by atoms with Crippen LogP contribution in [0.4, 0.5) is 5.69 Å². The minimum Gasteiger partial charge on any atom is -0.493 e. The summed E-state index contributed by atoms with van der Waals surface area (Å²) in [5, 5.41) is 9.36. The molecule has 0 radical (unpaired) electrons. The Bertz CT molecular complexity index is 678. The maximum atomic E-state index is 12.8. The normalized spacial score (nSPS) is 23.3. The molecule has 0 aliphatic carbocycles. The second kappa shape index (κ2) is 7.95. The van der Waals surface area contributed by atoms with Crippen molar-refractivity contribution in [2.24, 2.45) is 11.8 Å². The summed E-state index contributed by atoms with van der Waals surface area (Å²) >= 11 is 0. The number of carbonyl (C=O) groups excluding carboxylic acids is 2. The Balaban J connectivity index is 1.71. The van der Waals surface area contributed by atoms with Crippen LogP contribution < -0.4 is 14.4 Å². The van der Waals surface area contributed by atoms with E-state index in [0.717, 1.165) is 12.8 Å². The van der Waals surface area contributed by atoms with Gasteiger partial charge in [-0.25, -0.2) is 0 Å². The predicted octanol–water partition coefficient (Wildman–Crippen LogP) is 1.29. The van der Waals surface area contributed by atoms with Crippen molar-refractivity contribution in [1.29, 1.82) is 0 Å². The Hall–Kier alpha value is -2.28. The van der Waals surface area contributed by atoms with Gasteiger partial charge in [-0.15, -0.1) is 0 Å². The van der Waals surface area contributed by atoms with E-state index in [0.29, 0.717) is 36.8 Å². The summed E-state index contributed by atoms with van der Waals surface area (Å²) < 4.78 is 10.5. The van der Waals surface area contributed by atoms with Crippen LogP contribution >= 0.6 is 0 Å². The number of aliphatic hydroxyl groups is 1. The van der Waals surface area contributed by atoms with E-state index < -0.39 is 0 Å². The number of amides is 2. The number of aliphatic hydroxyl groups excluding tert-OH is 1.